The summed E-state index contributed by atoms with van der Waals surface area (Å²) >= 11 is 0. The Morgan fingerprint density at radius 1 is 1.21 bits per heavy atom. The van der Waals surface area contributed by atoms with Crippen molar-refractivity contribution in [2.45, 2.75) is 51.5 Å². The molecular weight excluding hydrogens is 376 g/mol. The number of hydrogen-bond donors (Lipinski definition) is 1. The number of Topliss-reactive ketones (excluding diaryl/α,β-unsaturated/α-hetero) is 1. The molecule has 0 radical (unpaired) electrons. The second kappa shape index (κ2) is 7.97. The van der Waals surface area contributed by atoms with Crippen molar-refractivity contribution in [1.82, 2.24) is 14.7 Å². The van der Waals surface area contributed by atoms with Crippen molar-refractivity contribution in [3.05, 3.63) is 35.8 Å². The Labute approximate surface area is 167 Å². The van der Waals surface area contributed by atoms with Crippen LogP contribution in [-0.2, 0) is 21.2 Å². The summed E-state index contributed by atoms with van der Waals surface area (Å²) in [6.45, 7) is 8.67. The highest BCUT2D eigenvalue weighted by atomic mass is 32.2. The molecule has 152 valence electrons. The quantitative estimate of drug-likeness (QED) is 0.796. The molecule has 1 N–H and O–H groups in total. The van der Waals surface area contributed by atoms with Crippen LogP contribution in [0.5, 0.6) is 0 Å². The highest BCUT2D eigenvalue weighted by Crippen LogP contribution is 2.33. The van der Waals surface area contributed by atoms with Gasteiger partial charge in [-0.1, -0.05) is 0 Å². The number of nitrogens with one attached hydrogen (secondary N) is 1. The number of hydrogen-bond acceptors (Lipinski definition) is 6. The lowest BCUT2D eigenvalue weighted by Gasteiger charge is -2.25. The van der Waals surface area contributed by atoms with Gasteiger partial charge in [-0.2, -0.15) is 0 Å². The zero-order valence-corrected chi connectivity index (χ0v) is 18.3. The van der Waals surface area contributed by atoms with Crippen LogP contribution in [0.3, 0.4) is 0 Å². The Morgan fingerprint density at radius 2 is 1.86 bits per heavy atom. The van der Waals surface area contributed by atoms with Gasteiger partial charge in [0.2, 0.25) is 10.0 Å². The maximum Gasteiger partial charge on any atom is 0.245 e. The molecule has 0 saturated carbocycles. The van der Waals surface area contributed by atoms with Crippen LogP contribution < -0.4 is 9.62 Å². The fourth-order valence-corrected chi connectivity index (χ4v) is 4.85. The minimum absolute atomic E-state index is 0.0140. The molecule has 8 heteroatoms. The molecule has 2 heterocycles. The number of aromatic nitrogens is 2. The second-order valence-electron chi connectivity index (χ2n) is 8.11. The van der Waals surface area contributed by atoms with Crippen molar-refractivity contribution in [3.63, 3.8) is 0 Å². The van der Waals surface area contributed by atoms with Crippen molar-refractivity contribution in [2.24, 2.45) is 0 Å². The summed E-state index contributed by atoms with van der Waals surface area (Å²) < 4.78 is 29.0. The normalized spacial score (nSPS) is 12.1. The summed E-state index contributed by atoms with van der Waals surface area (Å²) in [4.78, 5) is 21.9. The molecule has 28 heavy (non-hydrogen) atoms. The van der Waals surface area contributed by atoms with Gasteiger partial charge < -0.3 is 4.90 Å². The maximum atomic E-state index is 13.2. The smallest absolute Gasteiger partial charge is 0.245 e. The number of rotatable bonds is 6. The van der Waals surface area contributed by atoms with E-state index >= 15 is 0 Å². The van der Waals surface area contributed by atoms with E-state index in [1.807, 2.05) is 0 Å². The molecule has 2 aromatic heterocycles. The van der Waals surface area contributed by atoms with E-state index in [9.17, 15) is 13.2 Å². The third-order valence-electron chi connectivity index (χ3n) is 3.95. The standard InChI is InChI=1S/C20H28N4O3S/c1-13(25)10-16-11-15(8-9-21-16)17-12-22-19(24(6)7)18(14(17)2)28(26,27)23-20(3,4)5/h8-9,11-12,23H,10H2,1-7H3. The van der Waals surface area contributed by atoms with Gasteiger partial charge in [0.15, 0.2) is 0 Å². The van der Waals surface area contributed by atoms with Crippen LogP contribution in [0, 0.1) is 6.92 Å². The summed E-state index contributed by atoms with van der Waals surface area (Å²) in [5.41, 5.74) is 2.06. The maximum absolute atomic E-state index is 13.2. The first-order valence-electron chi connectivity index (χ1n) is 8.97. The molecule has 0 aromatic carbocycles. The Hall–Kier alpha value is -2.32. The van der Waals surface area contributed by atoms with Crippen molar-refractivity contribution in [2.75, 3.05) is 19.0 Å². The van der Waals surface area contributed by atoms with E-state index in [4.69, 9.17) is 0 Å². The average molecular weight is 405 g/mol. The lowest BCUT2D eigenvalue weighted by Crippen LogP contribution is -2.41. The molecule has 2 rings (SSSR count). The SMILES string of the molecule is CC(=O)Cc1cc(-c2cnc(N(C)C)c(S(=O)(=O)NC(C)(C)C)c2C)ccn1. The van der Waals surface area contributed by atoms with Gasteiger partial charge in [-0.05, 0) is 57.9 Å². The van der Waals surface area contributed by atoms with Gasteiger partial charge in [0.05, 0.1) is 0 Å². The molecule has 0 aliphatic rings. The monoisotopic (exact) mass is 404 g/mol. The molecule has 7 nitrogen and oxygen atoms in total. The van der Waals surface area contributed by atoms with Gasteiger partial charge in [0.25, 0.3) is 0 Å². The van der Waals surface area contributed by atoms with E-state index in [1.165, 1.54) is 6.92 Å². The highest BCUT2D eigenvalue weighted by Gasteiger charge is 2.29. The van der Waals surface area contributed by atoms with Crippen molar-refractivity contribution >= 4 is 21.6 Å². The Balaban J connectivity index is 2.69. The van der Waals surface area contributed by atoms with Crippen LogP contribution in [-0.4, -0.2) is 43.8 Å². The lowest BCUT2D eigenvalue weighted by atomic mass is 10.0. The summed E-state index contributed by atoms with van der Waals surface area (Å²) in [5, 5.41) is 0. The minimum Gasteiger partial charge on any atom is -0.362 e. The van der Waals surface area contributed by atoms with Crippen molar-refractivity contribution < 1.29 is 13.2 Å². The van der Waals surface area contributed by atoms with E-state index in [-0.39, 0.29) is 17.1 Å². The average Bonchev–Trinajstić information content (AvgIpc) is 2.51. The first kappa shape index (κ1) is 22.0. The fraction of sp³-hybridized carbons (Fsp3) is 0.450. The van der Waals surface area contributed by atoms with Crippen LogP contribution >= 0.6 is 0 Å². The number of anilines is 1. The molecule has 0 unspecified atom stereocenters. The van der Waals surface area contributed by atoms with Gasteiger partial charge in [0.1, 0.15) is 16.5 Å². The molecule has 0 atom stereocenters. The third-order valence-corrected chi connectivity index (χ3v) is 5.86. The van der Waals surface area contributed by atoms with E-state index < -0.39 is 15.6 Å². The topological polar surface area (TPSA) is 92.3 Å². The van der Waals surface area contributed by atoms with E-state index in [0.29, 0.717) is 22.6 Å². The number of carbonyl (C=O) groups is 1. The van der Waals surface area contributed by atoms with E-state index in [0.717, 1.165) is 5.56 Å². The predicted molar refractivity (Wildman–Crippen MR) is 111 cm³/mol. The zero-order valence-electron chi connectivity index (χ0n) is 17.5. The molecule has 0 amide bonds. The fourth-order valence-electron chi connectivity index (χ4n) is 2.95. The minimum atomic E-state index is -3.81. The van der Waals surface area contributed by atoms with Crippen LogP contribution in [0.15, 0.2) is 29.4 Å². The van der Waals surface area contributed by atoms with Gasteiger partial charge in [-0.25, -0.2) is 18.1 Å². The molecule has 0 saturated heterocycles. The van der Waals surface area contributed by atoms with Crippen molar-refractivity contribution in [3.8, 4) is 11.1 Å². The third kappa shape index (κ3) is 5.14. The predicted octanol–water partition coefficient (Wildman–Crippen LogP) is 2.73. The molecule has 0 aliphatic carbocycles. The van der Waals surface area contributed by atoms with Crippen LogP contribution in [0.4, 0.5) is 5.82 Å². The zero-order chi connectivity index (χ0) is 21.3. The van der Waals surface area contributed by atoms with Gasteiger partial charge in [0, 0.05) is 49.7 Å². The first-order valence-corrected chi connectivity index (χ1v) is 10.5. The number of nitrogens with zero attached hydrogens (tertiary/aromatic N) is 3. The number of pyridine rings is 2. The Kier molecular flexibility index (Phi) is 6.25. The summed E-state index contributed by atoms with van der Waals surface area (Å²) in [6.07, 6.45) is 3.51. The Morgan fingerprint density at radius 3 is 2.39 bits per heavy atom. The molecule has 0 fully saturated rings. The Bertz CT molecular complexity index is 993. The molecule has 0 spiro atoms. The van der Waals surface area contributed by atoms with Gasteiger partial charge in [-0.3, -0.25) is 9.78 Å². The van der Waals surface area contributed by atoms with Crippen LogP contribution in [0.25, 0.3) is 11.1 Å². The second-order valence-corrected chi connectivity index (χ2v) is 9.73. The van der Waals surface area contributed by atoms with E-state index in [2.05, 4.69) is 14.7 Å². The molecule has 2 aromatic rings. The highest BCUT2D eigenvalue weighted by molar-refractivity contribution is 7.89. The molecular formula is C20H28N4O3S. The lowest BCUT2D eigenvalue weighted by molar-refractivity contribution is -0.116. The van der Waals surface area contributed by atoms with Crippen LogP contribution in [0.2, 0.25) is 0 Å². The number of carbonyl (C=O) groups excluding carboxylic acids is 1. The first-order chi connectivity index (χ1) is 12.8. The van der Waals surface area contributed by atoms with Gasteiger partial charge >= 0.3 is 0 Å². The number of sulfonamides is 1. The van der Waals surface area contributed by atoms with E-state index in [1.54, 1.807) is 71.2 Å². The number of ketones is 1. The van der Waals surface area contributed by atoms with Crippen LogP contribution in [0.1, 0.15) is 39.0 Å². The molecule has 0 aliphatic heterocycles. The summed E-state index contributed by atoms with van der Waals surface area (Å²) in [6, 6.07) is 3.59. The molecule has 0 bridgehead atoms. The van der Waals surface area contributed by atoms with Crippen molar-refractivity contribution in [1.29, 1.82) is 0 Å². The largest absolute Gasteiger partial charge is 0.362 e. The summed E-state index contributed by atoms with van der Waals surface area (Å²) in [7, 11) is -0.290. The summed E-state index contributed by atoms with van der Waals surface area (Å²) in [5.74, 6) is 0.385. The van der Waals surface area contributed by atoms with Gasteiger partial charge in [-0.15, -0.1) is 0 Å².